The van der Waals surface area contributed by atoms with E-state index in [-0.39, 0.29) is 24.1 Å². The molecular formula is C21H23N3O2S. The molecule has 0 saturated heterocycles. The number of aromatic nitrogens is 2. The van der Waals surface area contributed by atoms with E-state index in [4.69, 9.17) is 0 Å². The average Bonchev–Trinajstić information content (AvgIpc) is 3.25. The minimum atomic E-state index is -0.183. The van der Waals surface area contributed by atoms with Crippen LogP contribution in [0.1, 0.15) is 47.9 Å². The van der Waals surface area contributed by atoms with Crippen molar-refractivity contribution in [1.29, 1.82) is 0 Å². The summed E-state index contributed by atoms with van der Waals surface area (Å²) < 4.78 is 1.43. The van der Waals surface area contributed by atoms with Gasteiger partial charge in [0.1, 0.15) is 11.4 Å². The van der Waals surface area contributed by atoms with Crippen molar-refractivity contribution in [3.05, 3.63) is 62.5 Å². The molecular weight excluding hydrogens is 358 g/mol. The first-order valence-electron chi connectivity index (χ1n) is 9.44. The molecule has 140 valence electrons. The van der Waals surface area contributed by atoms with E-state index in [1.807, 2.05) is 19.1 Å². The summed E-state index contributed by atoms with van der Waals surface area (Å²) in [4.78, 5) is 31.8. The lowest BCUT2D eigenvalue weighted by atomic mass is 10.1. The van der Waals surface area contributed by atoms with Gasteiger partial charge in [-0.2, -0.15) is 0 Å². The molecule has 1 aliphatic rings. The first-order chi connectivity index (χ1) is 13.1. The highest BCUT2D eigenvalue weighted by Crippen LogP contribution is 2.34. The lowest BCUT2D eigenvalue weighted by molar-refractivity contribution is -0.122. The Labute approximate surface area is 162 Å². The van der Waals surface area contributed by atoms with E-state index in [2.05, 4.69) is 29.4 Å². The highest BCUT2D eigenvalue weighted by atomic mass is 32.1. The third-order valence-corrected chi connectivity index (χ3v) is 6.47. The highest BCUT2D eigenvalue weighted by Gasteiger charge is 2.21. The summed E-state index contributed by atoms with van der Waals surface area (Å²) in [6.45, 7) is 4.06. The van der Waals surface area contributed by atoms with Crippen LogP contribution in [0.4, 0.5) is 0 Å². The van der Waals surface area contributed by atoms with Crippen LogP contribution in [0, 0.1) is 0 Å². The van der Waals surface area contributed by atoms with Crippen molar-refractivity contribution in [2.45, 2.75) is 52.1 Å². The van der Waals surface area contributed by atoms with Gasteiger partial charge in [-0.15, -0.1) is 11.3 Å². The van der Waals surface area contributed by atoms with Crippen molar-refractivity contribution in [3.63, 3.8) is 0 Å². The first-order valence-corrected chi connectivity index (χ1v) is 10.3. The van der Waals surface area contributed by atoms with Crippen molar-refractivity contribution in [3.8, 4) is 0 Å². The van der Waals surface area contributed by atoms with Gasteiger partial charge in [0.05, 0.1) is 17.8 Å². The number of amides is 1. The zero-order valence-electron chi connectivity index (χ0n) is 15.6. The van der Waals surface area contributed by atoms with Crippen molar-refractivity contribution in [2.24, 2.45) is 0 Å². The van der Waals surface area contributed by atoms with Crippen LogP contribution in [0.25, 0.3) is 10.2 Å². The predicted octanol–water partition coefficient (Wildman–Crippen LogP) is 3.39. The number of aryl methyl sites for hydroxylation is 3. The maximum Gasteiger partial charge on any atom is 0.262 e. The van der Waals surface area contributed by atoms with E-state index < -0.39 is 0 Å². The molecule has 1 aromatic carbocycles. The molecule has 0 fully saturated rings. The van der Waals surface area contributed by atoms with E-state index >= 15 is 0 Å². The molecule has 2 heterocycles. The van der Waals surface area contributed by atoms with Gasteiger partial charge >= 0.3 is 0 Å². The fraction of sp³-hybridized carbons (Fsp3) is 0.381. The second-order valence-corrected chi connectivity index (χ2v) is 8.18. The summed E-state index contributed by atoms with van der Waals surface area (Å²) in [5.74, 6) is -0.183. The molecule has 0 spiro atoms. The molecule has 2 aromatic heterocycles. The fourth-order valence-electron chi connectivity index (χ4n) is 3.70. The molecule has 3 aromatic rings. The van der Waals surface area contributed by atoms with Crippen molar-refractivity contribution >= 4 is 27.5 Å². The van der Waals surface area contributed by atoms with E-state index in [0.29, 0.717) is 5.39 Å². The zero-order chi connectivity index (χ0) is 19.0. The SMILES string of the molecule is CCc1ccc([C@H](C)NC(=O)Cn2cnc3sc4c(c3c2=O)CCC4)cc1. The van der Waals surface area contributed by atoms with E-state index in [1.54, 1.807) is 11.3 Å². The Kier molecular flexibility index (Phi) is 4.83. The number of hydrogen-bond acceptors (Lipinski definition) is 4. The quantitative estimate of drug-likeness (QED) is 0.737. The number of nitrogens with one attached hydrogen (secondary N) is 1. The van der Waals surface area contributed by atoms with E-state index in [0.717, 1.165) is 41.6 Å². The molecule has 0 radical (unpaired) electrons. The summed E-state index contributed by atoms with van der Waals surface area (Å²) in [6, 6.07) is 8.13. The molecule has 1 amide bonds. The lowest BCUT2D eigenvalue weighted by Crippen LogP contribution is -2.34. The summed E-state index contributed by atoms with van der Waals surface area (Å²) in [5, 5.41) is 3.69. The summed E-state index contributed by atoms with van der Waals surface area (Å²) >= 11 is 1.61. The monoisotopic (exact) mass is 381 g/mol. The number of thiophene rings is 1. The van der Waals surface area contributed by atoms with Gasteiger partial charge < -0.3 is 5.32 Å². The molecule has 1 atom stereocenters. The normalized spacial score (nSPS) is 14.3. The highest BCUT2D eigenvalue weighted by molar-refractivity contribution is 7.18. The Morgan fingerprint density at radius 2 is 2.07 bits per heavy atom. The van der Waals surface area contributed by atoms with Crippen LogP contribution in [0.15, 0.2) is 35.4 Å². The molecule has 0 unspecified atom stereocenters. The third kappa shape index (κ3) is 3.41. The molecule has 0 bridgehead atoms. The minimum Gasteiger partial charge on any atom is -0.348 e. The summed E-state index contributed by atoms with van der Waals surface area (Å²) in [5.41, 5.74) is 3.37. The Morgan fingerprint density at radius 1 is 1.30 bits per heavy atom. The van der Waals surface area contributed by atoms with Gasteiger partial charge in [-0.3, -0.25) is 14.2 Å². The van der Waals surface area contributed by atoms with Gasteiger partial charge in [0.15, 0.2) is 0 Å². The van der Waals surface area contributed by atoms with Gasteiger partial charge in [0.25, 0.3) is 5.56 Å². The smallest absolute Gasteiger partial charge is 0.262 e. The van der Waals surface area contributed by atoms with Crippen molar-refractivity contribution < 1.29 is 4.79 Å². The largest absolute Gasteiger partial charge is 0.348 e. The van der Waals surface area contributed by atoms with Crippen LogP contribution >= 0.6 is 11.3 Å². The van der Waals surface area contributed by atoms with E-state index in [1.165, 1.54) is 21.3 Å². The average molecular weight is 382 g/mol. The number of carbonyl (C=O) groups is 1. The Hall–Kier alpha value is -2.47. The third-order valence-electron chi connectivity index (χ3n) is 5.27. The van der Waals surface area contributed by atoms with Gasteiger partial charge in [0.2, 0.25) is 5.91 Å². The molecule has 5 nitrogen and oxygen atoms in total. The second-order valence-electron chi connectivity index (χ2n) is 7.10. The van der Waals surface area contributed by atoms with Crippen LogP contribution in [0.3, 0.4) is 0 Å². The lowest BCUT2D eigenvalue weighted by Gasteiger charge is -2.15. The number of rotatable bonds is 5. The van der Waals surface area contributed by atoms with Crippen molar-refractivity contribution in [2.75, 3.05) is 0 Å². The van der Waals surface area contributed by atoms with Crippen LogP contribution in [-0.2, 0) is 30.6 Å². The van der Waals surface area contributed by atoms with Crippen LogP contribution < -0.4 is 10.9 Å². The van der Waals surface area contributed by atoms with Crippen LogP contribution in [0.2, 0.25) is 0 Å². The number of fused-ring (bicyclic) bond motifs is 3. The number of benzene rings is 1. The maximum atomic E-state index is 12.9. The zero-order valence-corrected chi connectivity index (χ0v) is 16.4. The molecule has 0 saturated carbocycles. The summed E-state index contributed by atoms with van der Waals surface area (Å²) in [6.07, 6.45) is 5.56. The Bertz CT molecular complexity index is 1050. The molecule has 6 heteroatoms. The Balaban J connectivity index is 1.50. The minimum absolute atomic E-state index is 0.0101. The topological polar surface area (TPSA) is 64.0 Å². The molecule has 1 aliphatic carbocycles. The number of nitrogens with zero attached hydrogens (tertiary/aromatic N) is 2. The fourth-order valence-corrected chi connectivity index (χ4v) is 4.92. The second kappa shape index (κ2) is 7.27. The van der Waals surface area contributed by atoms with Gasteiger partial charge in [0, 0.05) is 4.88 Å². The predicted molar refractivity (Wildman–Crippen MR) is 108 cm³/mol. The summed E-state index contributed by atoms with van der Waals surface area (Å²) in [7, 11) is 0. The van der Waals surface area contributed by atoms with Crippen LogP contribution in [-0.4, -0.2) is 15.5 Å². The standard InChI is InChI=1S/C21H23N3O2S/c1-3-14-7-9-15(10-8-14)13(2)23-18(25)11-24-12-22-20-19(21(24)26)16-5-4-6-17(16)27-20/h7-10,12-13H,3-6,11H2,1-2H3,(H,23,25)/t13-/m0/s1. The van der Waals surface area contributed by atoms with Crippen LogP contribution in [0.5, 0.6) is 0 Å². The molecule has 4 rings (SSSR count). The number of hydrogen-bond donors (Lipinski definition) is 1. The molecule has 27 heavy (non-hydrogen) atoms. The van der Waals surface area contributed by atoms with Gasteiger partial charge in [-0.1, -0.05) is 31.2 Å². The first kappa shape index (κ1) is 17.9. The van der Waals surface area contributed by atoms with Gasteiger partial charge in [-0.05, 0) is 49.3 Å². The number of carbonyl (C=O) groups excluding carboxylic acids is 1. The Morgan fingerprint density at radius 3 is 2.81 bits per heavy atom. The molecule has 1 N–H and O–H groups in total. The van der Waals surface area contributed by atoms with E-state index in [9.17, 15) is 9.59 Å². The molecule has 0 aliphatic heterocycles. The van der Waals surface area contributed by atoms with Crippen molar-refractivity contribution in [1.82, 2.24) is 14.9 Å². The van der Waals surface area contributed by atoms with Gasteiger partial charge in [-0.25, -0.2) is 4.98 Å². The maximum absolute atomic E-state index is 12.9.